The fourth-order valence-corrected chi connectivity index (χ4v) is 3.47. The zero-order valence-corrected chi connectivity index (χ0v) is 19.1. The monoisotopic (exact) mass is 490 g/mol. The zero-order chi connectivity index (χ0) is 22.7. The van der Waals surface area contributed by atoms with E-state index in [0.29, 0.717) is 44.5 Å². The molecule has 0 radical (unpaired) electrons. The standard InChI is InChI=1S/C22H17Cl3N4O3/c1-13-17(12-31-16-4-2-3-15(23)10-16)21(28-32-13)22(30)26-20-7-8-29(27-20)11-14-5-6-18(24)19(25)9-14/h2-10H,11-12H2,1H3,(H,26,27,30). The summed E-state index contributed by atoms with van der Waals surface area (Å²) >= 11 is 18.0. The van der Waals surface area contributed by atoms with Crippen molar-refractivity contribution in [2.75, 3.05) is 5.32 Å². The summed E-state index contributed by atoms with van der Waals surface area (Å²) in [4.78, 5) is 12.8. The second-order valence-electron chi connectivity index (χ2n) is 6.91. The van der Waals surface area contributed by atoms with E-state index < -0.39 is 5.91 Å². The van der Waals surface area contributed by atoms with Gasteiger partial charge in [-0.15, -0.1) is 0 Å². The Kier molecular flexibility index (Phi) is 6.69. The molecular weight excluding hydrogens is 475 g/mol. The van der Waals surface area contributed by atoms with E-state index in [1.54, 1.807) is 60.3 Å². The van der Waals surface area contributed by atoms with Gasteiger partial charge in [-0.25, -0.2) is 0 Å². The maximum absolute atomic E-state index is 12.8. The maximum Gasteiger partial charge on any atom is 0.279 e. The molecule has 0 saturated heterocycles. The summed E-state index contributed by atoms with van der Waals surface area (Å²) in [6.07, 6.45) is 1.75. The summed E-state index contributed by atoms with van der Waals surface area (Å²) in [5.74, 6) is 0.983. The molecule has 0 spiro atoms. The quantitative estimate of drug-likeness (QED) is 0.342. The predicted octanol–water partition coefficient (Wildman–Crippen LogP) is 6.02. The number of aromatic nitrogens is 3. The van der Waals surface area contributed by atoms with E-state index in [9.17, 15) is 4.79 Å². The van der Waals surface area contributed by atoms with Crippen molar-refractivity contribution in [3.63, 3.8) is 0 Å². The number of nitrogens with zero attached hydrogens (tertiary/aromatic N) is 3. The summed E-state index contributed by atoms with van der Waals surface area (Å²) in [6.45, 7) is 2.28. The van der Waals surface area contributed by atoms with Crippen LogP contribution < -0.4 is 10.1 Å². The number of nitrogens with one attached hydrogen (secondary N) is 1. The molecule has 2 aromatic carbocycles. The number of amides is 1. The topological polar surface area (TPSA) is 82.2 Å². The first-order valence-corrected chi connectivity index (χ1v) is 10.6. The van der Waals surface area contributed by atoms with Crippen molar-refractivity contribution in [2.45, 2.75) is 20.1 Å². The van der Waals surface area contributed by atoms with Gasteiger partial charge in [0.1, 0.15) is 18.1 Å². The van der Waals surface area contributed by atoms with Gasteiger partial charge in [-0.2, -0.15) is 5.10 Å². The number of halogens is 3. The first kappa shape index (κ1) is 22.2. The van der Waals surface area contributed by atoms with Crippen LogP contribution in [0.2, 0.25) is 15.1 Å². The Morgan fingerprint density at radius 1 is 1.12 bits per heavy atom. The molecule has 0 unspecified atom stereocenters. The number of carbonyl (C=O) groups excluding carboxylic acids is 1. The predicted molar refractivity (Wildman–Crippen MR) is 123 cm³/mol. The first-order chi connectivity index (χ1) is 15.4. The Morgan fingerprint density at radius 2 is 1.97 bits per heavy atom. The van der Waals surface area contributed by atoms with Gasteiger partial charge in [-0.3, -0.25) is 9.48 Å². The second kappa shape index (κ2) is 9.65. The van der Waals surface area contributed by atoms with Crippen LogP contribution in [0.1, 0.15) is 27.4 Å². The number of anilines is 1. The molecule has 1 amide bonds. The van der Waals surface area contributed by atoms with E-state index in [4.69, 9.17) is 44.1 Å². The molecule has 32 heavy (non-hydrogen) atoms. The summed E-state index contributed by atoms with van der Waals surface area (Å²) in [7, 11) is 0. The Balaban J connectivity index is 1.42. The second-order valence-corrected chi connectivity index (χ2v) is 8.16. The lowest BCUT2D eigenvalue weighted by molar-refractivity contribution is 0.101. The number of rotatable bonds is 7. The smallest absolute Gasteiger partial charge is 0.279 e. The number of hydrogen-bond acceptors (Lipinski definition) is 5. The normalized spacial score (nSPS) is 10.9. The third-order valence-corrected chi connectivity index (χ3v) is 5.56. The van der Waals surface area contributed by atoms with Crippen LogP contribution in [0.15, 0.2) is 59.3 Å². The average Bonchev–Trinajstić information content (AvgIpc) is 3.35. The van der Waals surface area contributed by atoms with Crippen LogP contribution in [0.3, 0.4) is 0 Å². The molecule has 0 fully saturated rings. The van der Waals surface area contributed by atoms with E-state index in [0.717, 1.165) is 5.56 Å². The van der Waals surface area contributed by atoms with Gasteiger partial charge in [0.05, 0.1) is 22.2 Å². The summed E-state index contributed by atoms with van der Waals surface area (Å²) in [6, 6.07) is 14.0. The van der Waals surface area contributed by atoms with Crippen LogP contribution in [0, 0.1) is 6.92 Å². The van der Waals surface area contributed by atoms with E-state index in [1.807, 2.05) is 6.07 Å². The average molecular weight is 492 g/mol. The molecule has 4 aromatic rings. The fourth-order valence-electron chi connectivity index (χ4n) is 2.97. The Bertz CT molecular complexity index is 1270. The third kappa shape index (κ3) is 5.24. The van der Waals surface area contributed by atoms with Crippen molar-refractivity contribution in [3.05, 3.63) is 92.4 Å². The zero-order valence-electron chi connectivity index (χ0n) is 16.8. The fraction of sp³-hybridized carbons (Fsp3) is 0.136. The highest BCUT2D eigenvalue weighted by Gasteiger charge is 2.21. The number of carbonyl (C=O) groups is 1. The Morgan fingerprint density at radius 3 is 2.75 bits per heavy atom. The summed E-state index contributed by atoms with van der Waals surface area (Å²) in [5.41, 5.74) is 1.59. The maximum atomic E-state index is 12.8. The lowest BCUT2D eigenvalue weighted by atomic mass is 10.2. The SMILES string of the molecule is Cc1onc(C(=O)Nc2ccn(Cc3ccc(Cl)c(Cl)c3)n2)c1COc1cccc(Cl)c1. The van der Waals surface area contributed by atoms with Crippen molar-refractivity contribution in [3.8, 4) is 5.75 Å². The van der Waals surface area contributed by atoms with Gasteiger partial charge in [0, 0.05) is 17.3 Å². The minimum absolute atomic E-state index is 0.101. The van der Waals surface area contributed by atoms with Gasteiger partial charge in [-0.1, -0.05) is 52.1 Å². The lowest BCUT2D eigenvalue weighted by Gasteiger charge is -2.07. The van der Waals surface area contributed by atoms with Crippen LogP contribution in [-0.2, 0) is 13.2 Å². The van der Waals surface area contributed by atoms with E-state index in [1.165, 1.54) is 0 Å². The molecule has 2 aromatic heterocycles. The molecule has 164 valence electrons. The van der Waals surface area contributed by atoms with Crippen LogP contribution in [0.4, 0.5) is 5.82 Å². The van der Waals surface area contributed by atoms with E-state index in [2.05, 4.69) is 15.6 Å². The van der Waals surface area contributed by atoms with Gasteiger partial charge >= 0.3 is 0 Å². The lowest BCUT2D eigenvalue weighted by Crippen LogP contribution is -2.16. The van der Waals surface area contributed by atoms with Gasteiger partial charge in [0.25, 0.3) is 5.91 Å². The first-order valence-electron chi connectivity index (χ1n) is 9.51. The van der Waals surface area contributed by atoms with Crippen LogP contribution in [0.25, 0.3) is 0 Å². The molecular formula is C22H17Cl3N4O3. The molecule has 4 rings (SSSR count). The van der Waals surface area contributed by atoms with Gasteiger partial charge < -0.3 is 14.6 Å². The minimum Gasteiger partial charge on any atom is -0.489 e. The molecule has 1 N–H and O–H groups in total. The summed E-state index contributed by atoms with van der Waals surface area (Å²) in [5, 5.41) is 12.5. The van der Waals surface area contributed by atoms with E-state index >= 15 is 0 Å². The van der Waals surface area contributed by atoms with Crippen molar-refractivity contribution in [2.24, 2.45) is 0 Å². The highest BCUT2D eigenvalue weighted by Crippen LogP contribution is 2.24. The molecule has 10 heteroatoms. The molecule has 7 nitrogen and oxygen atoms in total. The van der Waals surface area contributed by atoms with Gasteiger partial charge in [0.2, 0.25) is 0 Å². The molecule has 0 aliphatic rings. The third-order valence-electron chi connectivity index (χ3n) is 4.59. The number of ether oxygens (including phenoxy) is 1. The van der Waals surface area contributed by atoms with Gasteiger partial charge in [-0.05, 0) is 42.8 Å². The molecule has 0 aliphatic heterocycles. The number of hydrogen-bond donors (Lipinski definition) is 1. The largest absolute Gasteiger partial charge is 0.489 e. The van der Waals surface area contributed by atoms with Crippen molar-refractivity contribution in [1.82, 2.24) is 14.9 Å². The van der Waals surface area contributed by atoms with Crippen molar-refractivity contribution >= 4 is 46.5 Å². The minimum atomic E-state index is -0.452. The number of benzene rings is 2. The van der Waals surface area contributed by atoms with Crippen LogP contribution >= 0.6 is 34.8 Å². The van der Waals surface area contributed by atoms with Crippen LogP contribution in [0.5, 0.6) is 5.75 Å². The highest BCUT2D eigenvalue weighted by molar-refractivity contribution is 6.42. The molecule has 0 aliphatic carbocycles. The Labute approximate surface area is 198 Å². The number of aryl methyl sites for hydroxylation is 1. The summed E-state index contributed by atoms with van der Waals surface area (Å²) < 4.78 is 12.6. The van der Waals surface area contributed by atoms with Gasteiger partial charge in [0.15, 0.2) is 11.5 Å². The van der Waals surface area contributed by atoms with Crippen LogP contribution in [-0.4, -0.2) is 20.8 Å². The molecule has 0 atom stereocenters. The molecule has 0 saturated carbocycles. The molecule has 0 bridgehead atoms. The van der Waals surface area contributed by atoms with Crippen molar-refractivity contribution < 1.29 is 14.1 Å². The van der Waals surface area contributed by atoms with Crippen molar-refractivity contribution in [1.29, 1.82) is 0 Å². The molecule has 2 heterocycles. The highest BCUT2D eigenvalue weighted by atomic mass is 35.5. The Hall–Kier alpha value is -3.00. The van der Waals surface area contributed by atoms with E-state index in [-0.39, 0.29) is 12.3 Å².